The number of rotatable bonds is 4. The van der Waals surface area contributed by atoms with Crippen LogP contribution in [0.2, 0.25) is 0 Å². The van der Waals surface area contributed by atoms with E-state index >= 15 is 0 Å². The maximum atomic E-state index is 11.4. The lowest BCUT2D eigenvalue weighted by Crippen LogP contribution is -2.04. The van der Waals surface area contributed by atoms with Crippen molar-refractivity contribution < 1.29 is 14.2 Å². The van der Waals surface area contributed by atoms with Crippen molar-refractivity contribution in [2.75, 3.05) is 12.3 Å². The molecule has 0 unspecified atom stereocenters. The summed E-state index contributed by atoms with van der Waals surface area (Å²) in [6.07, 6.45) is 0.512. The Morgan fingerprint density at radius 3 is 2.61 bits per heavy atom. The second kappa shape index (κ2) is 5.31. The van der Waals surface area contributed by atoms with Gasteiger partial charge in [0.05, 0.1) is 12.2 Å². The van der Waals surface area contributed by atoms with Gasteiger partial charge in [0.2, 0.25) is 0 Å². The Hall–Kier alpha value is -2.37. The molecule has 2 rings (SSSR count). The molecular formula is C12H13N3O3. The molecule has 0 fully saturated rings. The molecule has 0 bridgehead atoms. The van der Waals surface area contributed by atoms with Gasteiger partial charge in [-0.25, -0.2) is 9.42 Å². The number of aromatic nitrogens is 2. The van der Waals surface area contributed by atoms with Gasteiger partial charge in [-0.05, 0) is 29.8 Å². The molecule has 0 radical (unpaired) electrons. The summed E-state index contributed by atoms with van der Waals surface area (Å²) >= 11 is 0. The van der Waals surface area contributed by atoms with Crippen LogP contribution in [0.4, 0.5) is 5.82 Å². The number of nitrogen functional groups attached to an aromatic ring is 1. The van der Waals surface area contributed by atoms with Crippen LogP contribution in [0, 0.1) is 0 Å². The Bertz CT molecular complexity index is 534. The lowest BCUT2D eigenvalue weighted by molar-refractivity contribution is 0.0526. The van der Waals surface area contributed by atoms with E-state index in [4.69, 9.17) is 10.5 Å². The predicted molar refractivity (Wildman–Crippen MR) is 63.9 cm³/mol. The summed E-state index contributed by atoms with van der Waals surface area (Å²) in [5.74, 6) is -0.0452. The molecule has 0 amide bonds. The Kier molecular flexibility index (Phi) is 3.57. The fraction of sp³-hybridized carbons (Fsp3) is 0.250. The first kappa shape index (κ1) is 12.1. The zero-order valence-electron chi connectivity index (χ0n) is 9.92. The minimum Gasteiger partial charge on any atom is -0.462 e. The molecule has 6 nitrogen and oxygen atoms in total. The third-order valence-corrected chi connectivity index (χ3v) is 2.42. The van der Waals surface area contributed by atoms with Crippen LogP contribution in [0.15, 0.2) is 28.9 Å². The number of hydrogen-bond donors (Lipinski definition) is 1. The predicted octanol–water partition coefficient (Wildman–Crippen LogP) is 1.42. The Morgan fingerprint density at radius 2 is 2.06 bits per heavy atom. The van der Waals surface area contributed by atoms with E-state index in [1.807, 2.05) is 12.1 Å². The van der Waals surface area contributed by atoms with E-state index in [9.17, 15) is 4.79 Å². The number of hydrogen-bond acceptors (Lipinski definition) is 6. The first-order valence-corrected chi connectivity index (χ1v) is 5.53. The van der Waals surface area contributed by atoms with Crippen LogP contribution < -0.4 is 5.73 Å². The molecule has 2 N–H and O–H groups in total. The van der Waals surface area contributed by atoms with Gasteiger partial charge in [0.1, 0.15) is 5.69 Å². The third kappa shape index (κ3) is 2.65. The molecule has 1 aromatic carbocycles. The van der Waals surface area contributed by atoms with Crippen LogP contribution in [-0.2, 0) is 11.2 Å². The first-order valence-electron chi connectivity index (χ1n) is 5.53. The van der Waals surface area contributed by atoms with E-state index in [-0.39, 0.29) is 11.8 Å². The summed E-state index contributed by atoms with van der Waals surface area (Å²) < 4.78 is 9.41. The van der Waals surface area contributed by atoms with Crippen molar-refractivity contribution in [3.05, 3.63) is 41.1 Å². The zero-order chi connectivity index (χ0) is 13.0. The fourth-order valence-electron chi connectivity index (χ4n) is 1.50. The number of esters is 1. The van der Waals surface area contributed by atoms with Crippen LogP contribution in [-0.4, -0.2) is 22.9 Å². The molecule has 0 aliphatic rings. The third-order valence-electron chi connectivity index (χ3n) is 2.42. The number of carbonyl (C=O) groups is 1. The van der Waals surface area contributed by atoms with Crippen LogP contribution in [0.5, 0.6) is 0 Å². The van der Waals surface area contributed by atoms with E-state index in [1.54, 1.807) is 19.1 Å². The van der Waals surface area contributed by atoms with Crippen molar-refractivity contribution in [1.29, 1.82) is 0 Å². The number of nitrogens with zero attached hydrogens (tertiary/aromatic N) is 2. The Labute approximate surface area is 104 Å². The molecule has 0 aliphatic carbocycles. The monoisotopic (exact) mass is 247 g/mol. The molecule has 0 saturated carbocycles. The molecular weight excluding hydrogens is 234 g/mol. The molecule has 1 aromatic heterocycles. The summed E-state index contributed by atoms with van der Waals surface area (Å²) in [5.41, 5.74) is 7.63. The van der Waals surface area contributed by atoms with Gasteiger partial charge in [-0.3, -0.25) is 0 Å². The van der Waals surface area contributed by atoms with Gasteiger partial charge in [-0.15, -0.1) is 0 Å². The highest BCUT2D eigenvalue weighted by molar-refractivity contribution is 5.89. The van der Waals surface area contributed by atoms with E-state index in [0.717, 1.165) is 5.56 Å². The van der Waals surface area contributed by atoms with Crippen molar-refractivity contribution in [2.24, 2.45) is 0 Å². The van der Waals surface area contributed by atoms with Gasteiger partial charge in [-0.1, -0.05) is 17.3 Å². The van der Waals surface area contributed by atoms with Crippen LogP contribution >= 0.6 is 0 Å². The van der Waals surface area contributed by atoms with Crippen LogP contribution in [0.25, 0.3) is 0 Å². The van der Waals surface area contributed by atoms with Gasteiger partial charge in [0.15, 0.2) is 5.82 Å². The number of ether oxygens (including phenoxy) is 1. The van der Waals surface area contributed by atoms with Crippen LogP contribution in [0.3, 0.4) is 0 Å². The average Bonchev–Trinajstić information content (AvgIpc) is 2.76. The quantitative estimate of drug-likeness (QED) is 0.821. The largest absolute Gasteiger partial charge is 0.462 e. The highest BCUT2D eigenvalue weighted by atomic mass is 16.6. The van der Waals surface area contributed by atoms with E-state index in [2.05, 4.69) is 14.9 Å². The first-order chi connectivity index (χ1) is 8.70. The molecule has 1 heterocycles. The van der Waals surface area contributed by atoms with E-state index < -0.39 is 0 Å². The number of nitrogens with two attached hydrogens (primary N) is 1. The SMILES string of the molecule is CCOC(=O)c1ccc(Cc2nonc2N)cc1. The summed E-state index contributed by atoms with van der Waals surface area (Å²) in [7, 11) is 0. The average molecular weight is 247 g/mol. The molecule has 2 aromatic rings. The summed E-state index contributed by atoms with van der Waals surface area (Å²) in [6.45, 7) is 2.13. The maximum absolute atomic E-state index is 11.4. The summed E-state index contributed by atoms with van der Waals surface area (Å²) in [5, 5.41) is 7.20. The van der Waals surface area contributed by atoms with E-state index in [0.29, 0.717) is 24.3 Å². The summed E-state index contributed by atoms with van der Waals surface area (Å²) in [4.78, 5) is 11.4. The molecule has 0 atom stereocenters. The molecule has 0 aliphatic heterocycles. The molecule has 0 spiro atoms. The highest BCUT2D eigenvalue weighted by Gasteiger charge is 2.09. The Balaban J connectivity index is 2.08. The lowest BCUT2D eigenvalue weighted by Gasteiger charge is -2.03. The van der Waals surface area contributed by atoms with Crippen molar-refractivity contribution in [1.82, 2.24) is 10.3 Å². The minimum absolute atomic E-state index is 0.282. The second-order valence-electron chi connectivity index (χ2n) is 3.69. The van der Waals surface area contributed by atoms with Crippen molar-refractivity contribution >= 4 is 11.8 Å². The molecule has 18 heavy (non-hydrogen) atoms. The minimum atomic E-state index is -0.327. The standard InChI is InChI=1S/C12H13N3O3/c1-2-17-12(16)9-5-3-8(4-6-9)7-10-11(13)15-18-14-10/h3-6H,2,7H2,1H3,(H2,13,15). The normalized spacial score (nSPS) is 10.3. The highest BCUT2D eigenvalue weighted by Crippen LogP contribution is 2.13. The number of benzene rings is 1. The number of anilines is 1. The smallest absolute Gasteiger partial charge is 0.338 e. The summed E-state index contributed by atoms with van der Waals surface area (Å²) in [6, 6.07) is 7.05. The van der Waals surface area contributed by atoms with Gasteiger partial charge < -0.3 is 10.5 Å². The van der Waals surface area contributed by atoms with Crippen molar-refractivity contribution in [2.45, 2.75) is 13.3 Å². The van der Waals surface area contributed by atoms with Crippen molar-refractivity contribution in [3.63, 3.8) is 0 Å². The second-order valence-corrected chi connectivity index (χ2v) is 3.69. The van der Waals surface area contributed by atoms with E-state index in [1.165, 1.54) is 0 Å². The maximum Gasteiger partial charge on any atom is 0.338 e. The van der Waals surface area contributed by atoms with Gasteiger partial charge >= 0.3 is 5.97 Å². The number of carbonyl (C=O) groups excluding carboxylic acids is 1. The van der Waals surface area contributed by atoms with Gasteiger partial charge in [-0.2, -0.15) is 0 Å². The molecule has 94 valence electrons. The van der Waals surface area contributed by atoms with Gasteiger partial charge in [0, 0.05) is 6.42 Å². The van der Waals surface area contributed by atoms with Crippen molar-refractivity contribution in [3.8, 4) is 0 Å². The molecule has 0 saturated heterocycles. The topological polar surface area (TPSA) is 91.2 Å². The van der Waals surface area contributed by atoms with Gasteiger partial charge in [0.25, 0.3) is 0 Å². The zero-order valence-corrected chi connectivity index (χ0v) is 9.92. The molecule has 6 heteroatoms. The lowest BCUT2D eigenvalue weighted by atomic mass is 10.1. The van der Waals surface area contributed by atoms with Crippen LogP contribution in [0.1, 0.15) is 28.5 Å². The Morgan fingerprint density at radius 1 is 1.33 bits per heavy atom. The fourth-order valence-corrected chi connectivity index (χ4v) is 1.50.